The minimum atomic E-state index is -1.03. The molecule has 3 heteroatoms. The van der Waals surface area contributed by atoms with Crippen LogP contribution in [0.2, 0.25) is 0 Å². The Labute approximate surface area is 73.4 Å². The molecule has 0 aromatic carbocycles. The molecule has 0 saturated heterocycles. The van der Waals surface area contributed by atoms with E-state index in [2.05, 4.69) is 0 Å². The Morgan fingerprint density at radius 2 is 2.00 bits per heavy atom. The molecule has 0 aliphatic rings. The zero-order valence-corrected chi connectivity index (χ0v) is 8.00. The highest BCUT2D eigenvalue weighted by molar-refractivity contribution is 5.68. The third kappa shape index (κ3) is 3.22. The standard InChI is InChI=1S/C9H18O3/c1-4-5-9(12,7(2)3)6-8(10)11/h7,12H,4-6H2,1-3H3,(H,10,11). The van der Waals surface area contributed by atoms with Crippen molar-refractivity contribution in [3.8, 4) is 0 Å². The van der Waals surface area contributed by atoms with E-state index in [1.807, 2.05) is 20.8 Å². The summed E-state index contributed by atoms with van der Waals surface area (Å²) in [6.07, 6.45) is 1.21. The molecule has 0 bridgehead atoms. The summed E-state index contributed by atoms with van der Waals surface area (Å²) in [5.74, 6) is -0.937. The van der Waals surface area contributed by atoms with Crippen molar-refractivity contribution >= 4 is 5.97 Å². The Balaban J connectivity index is 4.28. The first-order chi connectivity index (χ1) is 5.42. The number of hydrogen-bond acceptors (Lipinski definition) is 2. The van der Waals surface area contributed by atoms with E-state index in [4.69, 9.17) is 5.11 Å². The van der Waals surface area contributed by atoms with Gasteiger partial charge in [-0.3, -0.25) is 4.79 Å². The molecule has 0 aromatic heterocycles. The maximum Gasteiger partial charge on any atom is 0.306 e. The van der Waals surface area contributed by atoms with Crippen molar-refractivity contribution in [3.05, 3.63) is 0 Å². The van der Waals surface area contributed by atoms with Gasteiger partial charge in [-0.25, -0.2) is 0 Å². The Bertz CT molecular complexity index is 154. The Hall–Kier alpha value is -0.570. The van der Waals surface area contributed by atoms with E-state index in [1.54, 1.807) is 0 Å². The maximum absolute atomic E-state index is 10.4. The van der Waals surface area contributed by atoms with E-state index < -0.39 is 11.6 Å². The molecule has 0 fully saturated rings. The SMILES string of the molecule is CCCC(O)(CC(=O)O)C(C)C. The summed E-state index contributed by atoms with van der Waals surface area (Å²) in [7, 11) is 0. The minimum absolute atomic E-state index is 0.00597. The summed E-state index contributed by atoms with van der Waals surface area (Å²) in [4.78, 5) is 10.4. The fourth-order valence-electron chi connectivity index (χ4n) is 1.28. The predicted molar refractivity (Wildman–Crippen MR) is 46.9 cm³/mol. The third-order valence-electron chi connectivity index (χ3n) is 2.21. The van der Waals surface area contributed by atoms with Crippen LogP contribution in [0.4, 0.5) is 0 Å². The highest BCUT2D eigenvalue weighted by Gasteiger charge is 2.32. The second kappa shape index (κ2) is 4.45. The number of aliphatic hydroxyl groups is 1. The van der Waals surface area contributed by atoms with Crippen molar-refractivity contribution in [1.29, 1.82) is 0 Å². The van der Waals surface area contributed by atoms with E-state index in [-0.39, 0.29) is 12.3 Å². The molecule has 0 spiro atoms. The summed E-state index contributed by atoms with van der Waals surface area (Å²) >= 11 is 0. The zero-order chi connectivity index (χ0) is 9.78. The maximum atomic E-state index is 10.4. The van der Waals surface area contributed by atoms with Crippen molar-refractivity contribution < 1.29 is 15.0 Å². The first-order valence-electron chi connectivity index (χ1n) is 4.36. The molecule has 1 atom stereocenters. The molecule has 0 aliphatic carbocycles. The van der Waals surface area contributed by atoms with Crippen LogP contribution in [0, 0.1) is 5.92 Å². The van der Waals surface area contributed by atoms with Crippen molar-refractivity contribution in [2.75, 3.05) is 0 Å². The highest BCUT2D eigenvalue weighted by Crippen LogP contribution is 2.26. The van der Waals surface area contributed by atoms with Crippen LogP contribution in [0.1, 0.15) is 40.0 Å². The molecular formula is C9H18O3. The molecule has 72 valence electrons. The lowest BCUT2D eigenvalue weighted by molar-refractivity contribution is -0.145. The quantitative estimate of drug-likeness (QED) is 0.666. The Morgan fingerprint density at radius 3 is 2.25 bits per heavy atom. The number of aliphatic carboxylic acids is 1. The molecule has 0 saturated carbocycles. The molecule has 0 amide bonds. The van der Waals surface area contributed by atoms with Gasteiger partial charge in [-0.15, -0.1) is 0 Å². The van der Waals surface area contributed by atoms with Gasteiger partial charge in [-0.2, -0.15) is 0 Å². The normalized spacial score (nSPS) is 16.1. The first kappa shape index (κ1) is 11.4. The van der Waals surface area contributed by atoms with Crippen LogP contribution >= 0.6 is 0 Å². The summed E-state index contributed by atoms with van der Waals surface area (Å²) in [6, 6.07) is 0. The van der Waals surface area contributed by atoms with E-state index in [0.29, 0.717) is 6.42 Å². The zero-order valence-electron chi connectivity index (χ0n) is 8.00. The van der Waals surface area contributed by atoms with Crippen LogP contribution in [-0.4, -0.2) is 21.8 Å². The van der Waals surface area contributed by atoms with E-state index >= 15 is 0 Å². The van der Waals surface area contributed by atoms with E-state index in [1.165, 1.54) is 0 Å². The van der Waals surface area contributed by atoms with E-state index in [9.17, 15) is 9.90 Å². The first-order valence-corrected chi connectivity index (χ1v) is 4.36. The number of carboxylic acid groups (broad SMARTS) is 1. The number of carbonyl (C=O) groups is 1. The molecule has 0 rings (SSSR count). The molecular weight excluding hydrogens is 156 g/mol. The Kier molecular flexibility index (Phi) is 4.24. The van der Waals surface area contributed by atoms with Crippen molar-refractivity contribution in [2.24, 2.45) is 5.92 Å². The monoisotopic (exact) mass is 174 g/mol. The molecule has 0 radical (unpaired) electrons. The largest absolute Gasteiger partial charge is 0.481 e. The van der Waals surface area contributed by atoms with Crippen LogP contribution in [-0.2, 0) is 4.79 Å². The molecule has 3 nitrogen and oxygen atoms in total. The minimum Gasteiger partial charge on any atom is -0.481 e. The summed E-state index contributed by atoms with van der Waals surface area (Å²) in [5.41, 5.74) is -1.03. The summed E-state index contributed by atoms with van der Waals surface area (Å²) in [5, 5.41) is 18.4. The van der Waals surface area contributed by atoms with Crippen molar-refractivity contribution in [2.45, 2.75) is 45.6 Å². The second-order valence-electron chi connectivity index (χ2n) is 3.58. The van der Waals surface area contributed by atoms with Crippen molar-refractivity contribution in [3.63, 3.8) is 0 Å². The van der Waals surface area contributed by atoms with Gasteiger partial charge < -0.3 is 10.2 Å². The second-order valence-corrected chi connectivity index (χ2v) is 3.58. The van der Waals surface area contributed by atoms with Crippen LogP contribution in [0.5, 0.6) is 0 Å². The van der Waals surface area contributed by atoms with Crippen LogP contribution < -0.4 is 0 Å². The molecule has 1 unspecified atom stereocenters. The summed E-state index contributed by atoms with van der Waals surface area (Å²) in [6.45, 7) is 5.63. The van der Waals surface area contributed by atoms with Crippen LogP contribution in [0.25, 0.3) is 0 Å². The van der Waals surface area contributed by atoms with Crippen LogP contribution in [0.3, 0.4) is 0 Å². The fourth-order valence-corrected chi connectivity index (χ4v) is 1.28. The number of carboxylic acids is 1. The number of hydrogen-bond donors (Lipinski definition) is 2. The molecule has 2 N–H and O–H groups in total. The van der Waals surface area contributed by atoms with Gasteiger partial charge in [-0.1, -0.05) is 27.2 Å². The average molecular weight is 174 g/mol. The summed E-state index contributed by atoms with van der Waals surface area (Å²) < 4.78 is 0. The fraction of sp³-hybridized carbons (Fsp3) is 0.889. The molecule has 12 heavy (non-hydrogen) atoms. The average Bonchev–Trinajstić information content (AvgIpc) is 1.85. The van der Waals surface area contributed by atoms with Gasteiger partial charge in [0.1, 0.15) is 0 Å². The lowest BCUT2D eigenvalue weighted by Crippen LogP contribution is -2.37. The van der Waals surface area contributed by atoms with Gasteiger partial charge in [0.2, 0.25) is 0 Å². The smallest absolute Gasteiger partial charge is 0.306 e. The third-order valence-corrected chi connectivity index (χ3v) is 2.21. The molecule has 0 aliphatic heterocycles. The lowest BCUT2D eigenvalue weighted by Gasteiger charge is -2.30. The molecule has 0 heterocycles. The molecule has 0 aromatic rings. The van der Waals surface area contributed by atoms with Gasteiger partial charge in [0.25, 0.3) is 0 Å². The Morgan fingerprint density at radius 1 is 1.50 bits per heavy atom. The number of rotatable bonds is 5. The predicted octanol–water partition coefficient (Wildman–Crippen LogP) is 1.65. The van der Waals surface area contributed by atoms with Gasteiger partial charge >= 0.3 is 5.97 Å². The lowest BCUT2D eigenvalue weighted by atomic mass is 9.83. The van der Waals surface area contributed by atoms with Gasteiger partial charge in [0.05, 0.1) is 12.0 Å². The highest BCUT2D eigenvalue weighted by atomic mass is 16.4. The van der Waals surface area contributed by atoms with Crippen molar-refractivity contribution in [1.82, 2.24) is 0 Å². The van der Waals surface area contributed by atoms with Gasteiger partial charge in [0.15, 0.2) is 0 Å². The van der Waals surface area contributed by atoms with Gasteiger partial charge in [-0.05, 0) is 12.3 Å². The van der Waals surface area contributed by atoms with Crippen LogP contribution in [0.15, 0.2) is 0 Å². The topological polar surface area (TPSA) is 57.5 Å². The van der Waals surface area contributed by atoms with E-state index in [0.717, 1.165) is 6.42 Å². The van der Waals surface area contributed by atoms with Gasteiger partial charge in [0, 0.05) is 0 Å².